The first-order valence-corrected chi connectivity index (χ1v) is 8.84. The molecule has 6 nitrogen and oxygen atoms in total. The minimum Gasteiger partial charge on any atom is -0.451 e. The topological polar surface area (TPSA) is 84.5 Å². The van der Waals surface area contributed by atoms with Gasteiger partial charge in [0.25, 0.3) is 11.8 Å². The Kier molecular flexibility index (Phi) is 5.68. The molecule has 0 bridgehead atoms. The van der Waals surface area contributed by atoms with Crippen molar-refractivity contribution in [1.82, 2.24) is 10.9 Å². The predicted molar refractivity (Wildman–Crippen MR) is 99.1 cm³/mol. The number of hydrogen-bond acceptors (Lipinski definition) is 5. The average molecular weight is 407 g/mol. The fourth-order valence-corrected chi connectivity index (χ4v) is 3.62. The third-order valence-corrected chi connectivity index (χ3v) is 5.10. The summed E-state index contributed by atoms with van der Waals surface area (Å²) in [5, 5.41) is 0.660. The van der Waals surface area contributed by atoms with Crippen molar-refractivity contribution >= 4 is 50.8 Å². The zero-order valence-corrected chi connectivity index (χ0v) is 15.2. The number of esters is 1. The van der Waals surface area contributed by atoms with E-state index < -0.39 is 30.2 Å². The number of nitrogens with one attached hydrogen (secondary N) is 2. The van der Waals surface area contributed by atoms with Crippen molar-refractivity contribution in [2.45, 2.75) is 0 Å². The lowest BCUT2D eigenvalue weighted by Crippen LogP contribution is -2.43. The molecule has 3 rings (SSSR count). The van der Waals surface area contributed by atoms with Gasteiger partial charge in [-0.15, -0.1) is 11.3 Å². The first kappa shape index (κ1) is 18.8. The van der Waals surface area contributed by atoms with E-state index in [1.54, 1.807) is 30.3 Å². The number of halogens is 2. The molecule has 0 aliphatic carbocycles. The van der Waals surface area contributed by atoms with Crippen LogP contribution in [-0.2, 0) is 9.53 Å². The van der Waals surface area contributed by atoms with E-state index in [0.717, 1.165) is 11.3 Å². The van der Waals surface area contributed by atoms with E-state index in [4.69, 9.17) is 16.3 Å². The van der Waals surface area contributed by atoms with Gasteiger partial charge < -0.3 is 4.74 Å². The molecule has 0 saturated heterocycles. The molecular formula is C18H12ClFN2O4S. The van der Waals surface area contributed by atoms with Crippen LogP contribution in [-0.4, -0.2) is 24.4 Å². The van der Waals surface area contributed by atoms with Gasteiger partial charge in [-0.1, -0.05) is 29.8 Å². The third-order valence-electron chi connectivity index (χ3n) is 3.46. The van der Waals surface area contributed by atoms with E-state index >= 15 is 0 Å². The molecule has 9 heteroatoms. The van der Waals surface area contributed by atoms with Crippen LogP contribution in [0.15, 0.2) is 48.5 Å². The molecule has 3 aromatic rings. The van der Waals surface area contributed by atoms with Crippen molar-refractivity contribution in [3.8, 4) is 0 Å². The molecule has 0 saturated carbocycles. The summed E-state index contributed by atoms with van der Waals surface area (Å²) in [6.45, 7) is -0.618. The van der Waals surface area contributed by atoms with E-state index in [0.29, 0.717) is 15.6 Å². The summed E-state index contributed by atoms with van der Waals surface area (Å²) >= 11 is 7.09. The molecule has 0 atom stereocenters. The fraction of sp³-hybridized carbons (Fsp3) is 0.0556. The molecule has 1 heterocycles. The zero-order chi connectivity index (χ0) is 19.4. The van der Waals surface area contributed by atoms with Gasteiger partial charge in [-0.25, -0.2) is 9.18 Å². The molecule has 27 heavy (non-hydrogen) atoms. The summed E-state index contributed by atoms with van der Waals surface area (Å²) in [6, 6.07) is 12.2. The van der Waals surface area contributed by atoms with Gasteiger partial charge in [-0.05, 0) is 30.3 Å². The molecule has 2 N–H and O–H groups in total. The largest absolute Gasteiger partial charge is 0.451 e. The Morgan fingerprint density at radius 1 is 1.07 bits per heavy atom. The Labute approximate surface area is 161 Å². The Morgan fingerprint density at radius 2 is 1.81 bits per heavy atom. The number of amides is 2. The van der Waals surface area contributed by atoms with Crippen molar-refractivity contribution in [2.75, 3.05) is 6.61 Å². The van der Waals surface area contributed by atoms with E-state index in [1.165, 1.54) is 18.2 Å². The van der Waals surface area contributed by atoms with Gasteiger partial charge in [-0.3, -0.25) is 20.4 Å². The Hall–Kier alpha value is -2.97. The zero-order valence-electron chi connectivity index (χ0n) is 13.6. The highest BCUT2D eigenvalue weighted by Crippen LogP contribution is 2.36. The van der Waals surface area contributed by atoms with Crippen molar-refractivity contribution in [3.05, 3.63) is 69.8 Å². The Balaban J connectivity index is 1.55. The number of hydrogen-bond donors (Lipinski definition) is 2. The summed E-state index contributed by atoms with van der Waals surface area (Å²) in [5.74, 6) is -2.50. The van der Waals surface area contributed by atoms with E-state index in [1.807, 2.05) is 0 Å². The van der Waals surface area contributed by atoms with Crippen molar-refractivity contribution in [2.24, 2.45) is 0 Å². The summed E-state index contributed by atoms with van der Waals surface area (Å²) in [5.41, 5.74) is 4.71. The van der Waals surface area contributed by atoms with Crippen molar-refractivity contribution < 1.29 is 23.5 Å². The first-order chi connectivity index (χ1) is 13.0. The number of carbonyl (C=O) groups excluding carboxylic acids is 3. The average Bonchev–Trinajstić information content (AvgIpc) is 3.00. The molecular weight excluding hydrogens is 395 g/mol. The van der Waals surface area contributed by atoms with Gasteiger partial charge in [-0.2, -0.15) is 0 Å². The van der Waals surface area contributed by atoms with Gasteiger partial charge in [0.15, 0.2) is 6.61 Å². The lowest BCUT2D eigenvalue weighted by atomic mass is 10.2. The van der Waals surface area contributed by atoms with Crippen LogP contribution in [0.3, 0.4) is 0 Å². The Morgan fingerprint density at radius 3 is 2.56 bits per heavy atom. The van der Waals surface area contributed by atoms with Gasteiger partial charge in [0.1, 0.15) is 10.7 Å². The highest BCUT2D eigenvalue weighted by atomic mass is 35.5. The standard InChI is InChI=1S/C18H12ClFN2O4S/c19-15-12-7-6-11(20)8-13(12)27-16(15)18(25)26-9-14(23)21-22-17(24)10-4-2-1-3-5-10/h1-8H,9H2,(H,21,23)(H,22,24). The van der Waals surface area contributed by atoms with Gasteiger partial charge in [0, 0.05) is 15.6 Å². The number of rotatable bonds is 4. The number of hydrazine groups is 1. The molecule has 0 radical (unpaired) electrons. The monoisotopic (exact) mass is 406 g/mol. The Bertz CT molecular complexity index is 1020. The van der Waals surface area contributed by atoms with Crippen molar-refractivity contribution in [1.29, 1.82) is 0 Å². The first-order valence-electron chi connectivity index (χ1n) is 7.64. The maximum absolute atomic E-state index is 13.3. The van der Waals surface area contributed by atoms with Gasteiger partial charge >= 0.3 is 5.97 Å². The maximum atomic E-state index is 13.3. The molecule has 0 aliphatic heterocycles. The molecule has 0 spiro atoms. The smallest absolute Gasteiger partial charge is 0.350 e. The van der Waals surface area contributed by atoms with Crippen LogP contribution in [0.25, 0.3) is 10.1 Å². The number of benzene rings is 2. The molecule has 1 aromatic heterocycles. The van der Waals surface area contributed by atoms with Crippen LogP contribution in [0.5, 0.6) is 0 Å². The second-order valence-corrected chi connectivity index (χ2v) is 6.76. The number of ether oxygens (including phenoxy) is 1. The molecule has 2 aromatic carbocycles. The van der Waals surface area contributed by atoms with E-state index in [-0.39, 0.29) is 9.90 Å². The van der Waals surface area contributed by atoms with Crippen LogP contribution in [0.1, 0.15) is 20.0 Å². The van der Waals surface area contributed by atoms with Crippen LogP contribution >= 0.6 is 22.9 Å². The second-order valence-electron chi connectivity index (χ2n) is 5.33. The molecule has 138 valence electrons. The molecule has 0 fully saturated rings. The van der Waals surface area contributed by atoms with Crippen LogP contribution in [0, 0.1) is 5.82 Å². The summed E-state index contributed by atoms with van der Waals surface area (Å²) in [4.78, 5) is 35.7. The number of carbonyl (C=O) groups is 3. The SMILES string of the molecule is O=C(COC(=O)c1sc2cc(F)ccc2c1Cl)NNC(=O)c1ccccc1. The number of thiophene rings is 1. The quantitative estimate of drug-likeness (QED) is 0.514. The number of fused-ring (bicyclic) bond motifs is 1. The second kappa shape index (κ2) is 8.15. The van der Waals surface area contributed by atoms with Crippen LogP contribution in [0.2, 0.25) is 5.02 Å². The predicted octanol–water partition coefficient (Wildman–Crippen LogP) is 3.31. The van der Waals surface area contributed by atoms with E-state index in [9.17, 15) is 18.8 Å². The highest BCUT2D eigenvalue weighted by molar-refractivity contribution is 7.21. The van der Waals surface area contributed by atoms with Gasteiger partial charge in [0.05, 0.1) is 5.02 Å². The fourth-order valence-electron chi connectivity index (χ4n) is 2.19. The van der Waals surface area contributed by atoms with Gasteiger partial charge in [0.2, 0.25) is 0 Å². The highest BCUT2D eigenvalue weighted by Gasteiger charge is 2.20. The molecule has 0 unspecified atom stereocenters. The molecule has 2 amide bonds. The molecule has 0 aliphatic rings. The summed E-state index contributed by atoms with van der Waals surface area (Å²) in [7, 11) is 0. The van der Waals surface area contributed by atoms with Crippen LogP contribution in [0.4, 0.5) is 4.39 Å². The lowest BCUT2D eigenvalue weighted by Gasteiger charge is -2.07. The minimum atomic E-state index is -0.814. The third kappa shape index (κ3) is 4.42. The maximum Gasteiger partial charge on any atom is 0.350 e. The van der Waals surface area contributed by atoms with Crippen molar-refractivity contribution in [3.63, 3.8) is 0 Å². The summed E-state index contributed by atoms with van der Waals surface area (Å²) in [6.07, 6.45) is 0. The van der Waals surface area contributed by atoms with Crippen LogP contribution < -0.4 is 10.9 Å². The normalized spacial score (nSPS) is 10.4. The van der Waals surface area contributed by atoms with E-state index in [2.05, 4.69) is 10.9 Å². The minimum absolute atomic E-state index is 0.0680. The lowest BCUT2D eigenvalue weighted by molar-refractivity contribution is -0.125. The summed E-state index contributed by atoms with van der Waals surface area (Å²) < 4.78 is 18.7.